The molecule has 1 aromatic carbocycles. The van der Waals surface area contributed by atoms with Gasteiger partial charge in [0.15, 0.2) is 17.5 Å². The molecule has 0 aliphatic rings. The van der Waals surface area contributed by atoms with E-state index in [1.807, 2.05) is 13.8 Å². The van der Waals surface area contributed by atoms with Crippen molar-refractivity contribution in [1.82, 2.24) is 15.5 Å². The van der Waals surface area contributed by atoms with Crippen LogP contribution in [-0.2, 0) is 0 Å². The minimum atomic E-state index is -1.69. The van der Waals surface area contributed by atoms with E-state index in [9.17, 15) is 22.8 Å². The summed E-state index contributed by atoms with van der Waals surface area (Å²) in [6, 6.07) is 1.26. The van der Waals surface area contributed by atoms with Crippen molar-refractivity contribution in [2.45, 2.75) is 13.8 Å². The van der Waals surface area contributed by atoms with Gasteiger partial charge in [-0.3, -0.25) is 4.79 Å². The molecule has 122 valence electrons. The summed E-state index contributed by atoms with van der Waals surface area (Å²) in [5.74, 6) is -5.47. The number of nitrogens with zero attached hydrogens (tertiary/aromatic N) is 1. The molecule has 0 aliphatic carbocycles. The highest BCUT2D eigenvalue weighted by molar-refractivity contribution is 5.94. The van der Waals surface area contributed by atoms with Crippen molar-refractivity contribution in [3.05, 3.63) is 35.1 Å². The molecule has 0 fully saturated rings. The molecule has 3 amide bonds. The van der Waals surface area contributed by atoms with Crippen LogP contribution in [0.4, 0.5) is 18.0 Å². The largest absolute Gasteiger partial charge is 0.350 e. The average molecular weight is 317 g/mol. The number of carbonyl (C=O) groups excluding carboxylic acids is 2. The van der Waals surface area contributed by atoms with Crippen LogP contribution in [0.15, 0.2) is 12.1 Å². The standard InChI is InChI=1S/C14H18F3N3O2/c1-3-20(4-2)14(22)19-8-7-18-13(21)9-5-6-10(15)12(17)11(9)16/h5-6H,3-4,7-8H2,1-2H3,(H,18,21)(H,19,22). The lowest BCUT2D eigenvalue weighted by Gasteiger charge is -2.19. The Bertz CT molecular complexity index is 548. The molecule has 22 heavy (non-hydrogen) atoms. The van der Waals surface area contributed by atoms with E-state index in [1.165, 1.54) is 0 Å². The zero-order valence-corrected chi connectivity index (χ0v) is 12.4. The highest BCUT2D eigenvalue weighted by Crippen LogP contribution is 2.14. The minimum Gasteiger partial charge on any atom is -0.350 e. The Balaban J connectivity index is 2.48. The first kappa shape index (κ1) is 17.8. The third-order valence-corrected chi connectivity index (χ3v) is 3.02. The second-order valence-corrected chi connectivity index (χ2v) is 4.38. The number of carbonyl (C=O) groups is 2. The van der Waals surface area contributed by atoms with Gasteiger partial charge in [-0.15, -0.1) is 0 Å². The second kappa shape index (κ2) is 8.26. The smallest absolute Gasteiger partial charge is 0.317 e. The van der Waals surface area contributed by atoms with Crippen LogP contribution in [0, 0.1) is 17.5 Å². The summed E-state index contributed by atoms with van der Waals surface area (Å²) in [4.78, 5) is 24.8. The lowest BCUT2D eigenvalue weighted by molar-refractivity contribution is 0.0948. The van der Waals surface area contributed by atoms with E-state index < -0.39 is 28.9 Å². The van der Waals surface area contributed by atoms with E-state index in [0.29, 0.717) is 19.2 Å². The first-order valence-corrected chi connectivity index (χ1v) is 6.86. The lowest BCUT2D eigenvalue weighted by Crippen LogP contribution is -2.43. The molecule has 2 N–H and O–H groups in total. The topological polar surface area (TPSA) is 61.4 Å². The van der Waals surface area contributed by atoms with Crippen molar-refractivity contribution in [3.8, 4) is 0 Å². The van der Waals surface area contributed by atoms with Crippen LogP contribution in [0.5, 0.6) is 0 Å². The van der Waals surface area contributed by atoms with Crippen molar-refractivity contribution in [1.29, 1.82) is 0 Å². The minimum absolute atomic E-state index is 0.0320. The third-order valence-electron chi connectivity index (χ3n) is 3.02. The third kappa shape index (κ3) is 4.37. The van der Waals surface area contributed by atoms with Gasteiger partial charge in [0.1, 0.15) is 0 Å². The average Bonchev–Trinajstić information content (AvgIpc) is 2.50. The molecule has 0 saturated carbocycles. The number of hydrogen-bond acceptors (Lipinski definition) is 2. The molecular formula is C14H18F3N3O2. The van der Waals surface area contributed by atoms with Crippen LogP contribution in [0.3, 0.4) is 0 Å². The van der Waals surface area contributed by atoms with Crippen molar-refractivity contribution >= 4 is 11.9 Å². The van der Waals surface area contributed by atoms with Crippen LogP contribution >= 0.6 is 0 Å². The van der Waals surface area contributed by atoms with Crippen molar-refractivity contribution in [2.75, 3.05) is 26.2 Å². The fourth-order valence-electron chi connectivity index (χ4n) is 1.76. The molecule has 5 nitrogen and oxygen atoms in total. The van der Waals surface area contributed by atoms with E-state index in [1.54, 1.807) is 4.90 Å². The number of rotatable bonds is 6. The highest BCUT2D eigenvalue weighted by Gasteiger charge is 2.18. The van der Waals surface area contributed by atoms with Crippen LogP contribution in [0.1, 0.15) is 24.2 Å². The SMILES string of the molecule is CCN(CC)C(=O)NCCNC(=O)c1ccc(F)c(F)c1F. The van der Waals surface area contributed by atoms with E-state index in [0.717, 1.165) is 6.07 Å². The van der Waals surface area contributed by atoms with E-state index in [2.05, 4.69) is 10.6 Å². The fraction of sp³-hybridized carbons (Fsp3) is 0.429. The molecule has 8 heteroatoms. The Labute approximate surface area is 126 Å². The van der Waals surface area contributed by atoms with Gasteiger partial charge in [0.25, 0.3) is 5.91 Å². The highest BCUT2D eigenvalue weighted by atomic mass is 19.2. The van der Waals surface area contributed by atoms with Gasteiger partial charge in [0, 0.05) is 26.2 Å². The molecule has 0 saturated heterocycles. The fourth-order valence-corrected chi connectivity index (χ4v) is 1.76. The van der Waals surface area contributed by atoms with Crippen molar-refractivity contribution < 1.29 is 22.8 Å². The normalized spacial score (nSPS) is 10.2. The number of halogens is 3. The Morgan fingerprint density at radius 3 is 2.18 bits per heavy atom. The molecule has 0 aliphatic heterocycles. The van der Waals surface area contributed by atoms with Gasteiger partial charge in [0.2, 0.25) is 0 Å². The van der Waals surface area contributed by atoms with Gasteiger partial charge in [-0.25, -0.2) is 18.0 Å². The first-order valence-electron chi connectivity index (χ1n) is 6.86. The lowest BCUT2D eigenvalue weighted by atomic mass is 10.2. The van der Waals surface area contributed by atoms with Gasteiger partial charge in [-0.2, -0.15) is 0 Å². The summed E-state index contributed by atoms with van der Waals surface area (Å²) >= 11 is 0. The quantitative estimate of drug-likeness (QED) is 0.622. The zero-order chi connectivity index (χ0) is 16.7. The van der Waals surface area contributed by atoms with Crippen molar-refractivity contribution in [2.24, 2.45) is 0 Å². The number of nitrogens with one attached hydrogen (secondary N) is 2. The molecule has 0 heterocycles. The molecule has 0 atom stereocenters. The monoisotopic (exact) mass is 317 g/mol. The number of amides is 3. The first-order chi connectivity index (χ1) is 10.4. The summed E-state index contributed by atoms with van der Waals surface area (Å²) in [5.41, 5.74) is -0.589. The van der Waals surface area contributed by atoms with E-state index >= 15 is 0 Å². The number of benzene rings is 1. The molecule has 1 rings (SSSR count). The Morgan fingerprint density at radius 2 is 1.59 bits per heavy atom. The van der Waals surface area contributed by atoms with Crippen LogP contribution in [0.25, 0.3) is 0 Å². The summed E-state index contributed by atoms with van der Waals surface area (Å²) in [6.45, 7) is 4.92. The maximum Gasteiger partial charge on any atom is 0.317 e. The van der Waals surface area contributed by atoms with Crippen LogP contribution in [-0.4, -0.2) is 43.0 Å². The number of urea groups is 1. The molecule has 1 aromatic rings. The van der Waals surface area contributed by atoms with Gasteiger partial charge in [-0.05, 0) is 26.0 Å². The molecular weight excluding hydrogens is 299 g/mol. The van der Waals surface area contributed by atoms with Crippen LogP contribution in [0.2, 0.25) is 0 Å². The van der Waals surface area contributed by atoms with Gasteiger partial charge >= 0.3 is 6.03 Å². The predicted molar refractivity (Wildman–Crippen MR) is 75.0 cm³/mol. The zero-order valence-electron chi connectivity index (χ0n) is 12.4. The summed E-state index contributed by atoms with van der Waals surface area (Å²) < 4.78 is 39.2. The molecule has 0 spiro atoms. The molecule has 0 unspecified atom stereocenters. The summed E-state index contributed by atoms with van der Waals surface area (Å²) in [5, 5.41) is 4.89. The van der Waals surface area contributed by atoms with Gasteiger partial charge < -0.3 is 15.5 Å². The Kier molecular flexibility index (Phi) is 6.68. The molecule has 0 bridgehead atoms. The van der Waals surface area contributed by atoms with Gasteiger partial charge in [-0.1, -0.05) is 0 Å². The summed E-state index contributed by atoms with van der Waals surface area (Å²) in [7, 11) is 0. The Hall–Kier alpha value is -2.25. The molecule has 0 aromatic heterocycles. The summed E-state index contributed by atoms with van der Waals surface area (Å²) in [6.07, 6.45) is 0. The predicted octanol–water partition coefficient (Wildman–Crippen LogP) is 1.89. The molecule has 0 radical (unpaired) electrons. The van der Waals surface area contributed by atoms with E-state index in [-0.39, 0.29) is 19.1 Å². The second-order valence-electron chi connectivity index (χ2n) is 4.38. The van der Waals surface area contributed by atoms with Crippen LogP contribution < -0.4 is 10.6 Å². The van der Waals surface area contributed by atoms with E-state index in [4.69, 9.17) is 0 Å². The van der Waals surface area contributed by atoms with Crippen molar-refractivity contribution in [3.63, 3.8) is 0 Å². The maximum absolute atomic E-state index is 13.4. The number of hydrogen-bond donors (Lipinski definition) is 2. The Morgan fingerprint density at radius 1 is 1.00 bits per heavy atom. The van der Waals surface area contributed by atoms with Gasteiger partial charge in [0.05, 0.1) is 5.56 Å². The maximum atomic E-state index is 13.4.